The molecule has 1 N–H and O–H groups in total. The van der Waals surface area contributed by atoms with Crippen LogP contribution in [-0.4, -0.2) is 46.9 Å². The number of carbonyl (C=O) groups is 1. The molecule has 176 valence electrons. The Bertz CT molecular complexity index is 1010. The van der Waals surface area contributed by atoms with Gasteiger partial charge in [-0.25, -0.2) is 8.42 Å². The van der Waals surface area contributed by atoms with E-state index in [-0.39, 0.29) is 11.9 Å². The second-order valence-electron chi connectivity index (χ2n) is 7.29. The van der Waals surface area contributed by atoms with Gasteiger partial charge in [-0.05, 0) is 69.7 Å². The van der Waals surface area contributed by atoms with Gasteiger partial charge >= 0.3 is 0 Å². The molecule has 8 nitrogen and oxygen atoms in total. The predicted molar refractivity (Wildman–Crippen MR) is 125 cm³/mol. The van der Waals surface area contributed by atoms with Gasteiger partial charge in [0.2, 0.25) is 10.0 Å². The van der Waals surface area contributed by atoms with E-state index in [4.69, 9.17) is 14.2 Å². The van der Waals surface area contributed by atoms with Gasteiger partial charge in [0.1, 0.15) is 5.75 Å². The molecule has 0 radical (unpaired) electrons. The number of nitrogens with one attached hydrogen (secondary N) is 1. The maximum atomic E-state index is 12.6. The summed E-state index contributed by atoms with van der Waals surface area (Å²) >= 11 is 0. The van der Waals surface area contributed by atoms with Gasteiger partial charge in [-0.3, -0.25) is 9.10 Å². The van der Waals surface area contributed by atoms with Crippen LogP contribution in [-0.2, 0) is 14.8 Å². The Kier molecular flexibility index (Phi) is 8.77. The van der Waals surface area contributed by atoms with Gasteiger partial charge in [0, 0.05) is 7.05 Å². The van der Waals surface area contributed by atoms with E-state index in [1.807, 2.05) is 39.0 Å². The summed E-state index contributed by atoms with van der Waals surface area (Å²) in [5, 5.41) is 2.94. The maximum Gasteiger partial charge on any atom is 0.261 e. The van der Waals surface area contributed by atoms with Gasteiger partial charge in [-0.15, -0.1) is 0 Å². The molecule has 0 bridgehead atoms. The van der Waals surface area contributed by atoms with E-state index < -0.39 is 16.1 Å². The number of ether oxygens (including phenoxy) is 3. The Morgan fingerprint density at radius 1 is 1.00 bits per heavy atom. The first kappa shape index (κ1) is 25.3. The number of nitrogens with zero attached hydrogens (tertiary/aromatic N) is 1. The Morgan fingerprint density at radius 2 is 1.59 bits per heavy atom. The Balaban J connectivity index is 2.02. The van der Waals surface area contributed by atoms with Gasteiger partial charge in [-0.2, -0.15) is 0 Å². The van der Waals surface area contributed by atoms with E-state index in [1.54, 1.807) is 31.2 Å². The molecule has 0 fully saturated rings. The lowest BCUT2D eigenvalue weighted by atomic mass is 10.1. The number of benzene rings is 2. The van der Waals surface area contributed by atoms with Crippen molar-refractivity contribution in [2.75, 3.05) is 30.8 Å². The fourth-order valence-corrected chi connectivity index (χ4v) is 3.44. The summed E-state index contributed by atoms with van der Waals surface area (Å²) in [4.78, 5) is 12.6. The van der Waals surface area contributed by atoms with E-state index in [9.17, 15) is 13.2 Å². The molecule has 0 heterocycles. The van der Waals surface area contributed by atoms with Crippen LogP contribution in [0.1, 0.15) is 39.3 Å². The molecule has 0 saturated carbocycles. The molecular formula is C23H32N2O6S. The van der Waals surface area contributed by atoms with Crippen molar-refractivity contribution in [2.45, 2.75) is 39.8 Å². The minimum atomic E-state index is -3.35. The quantitative estimate of drug-likeness (QED) is 0.547. The zero-order chi connectivity index (χ0) is 23.9. The fraction of sp³-hybridized carbons (Fsp3) is 0.435. The molecule has 9 heteroatoms. The lowest BCUT2D eigenvalue weighted by Crippen LogP contribution is -2.37. The van der Waals surface area contributed by atoms with Crippen LogP contribution in [0, 0.1) is 0 Å². The van der Waals surface area contributed by atoms with Crippen molar-refractivity contribution in [3.05, 3.63) is 48.0 Å². The molecule has 0 aliphatic carbocycles. The minimum absolute atomic E-state index is 0.269. The van der Waals surface area contributed by atoms with Gasteiger partial charge in [0.15, 0.2) is 17.6 Å². The first-order valence-electron chi connectivity index (χ1n) is 10.5. The number of sulfonamides is 1. The molecule has 2 aromatic rings. The number of rotatable bonds is 11. The molecule has 0 aromatic heterocycles. The molecule has 2 atom stereocenters. The van der Waals surface area contributed by atoms with Gasteiger partial charge < -0.3 is 19.5 Å². The van der Waals surface area contributed by atoms with Gasteiger partial charge in [0.05, 0.1) is 31.2 Å². The lowest BCUT2D eigenvalue weighted by molar-refractivity contribution is -0.127. The molecule has 2 aromatic carbocycles. The average Bonchev–Trinajstić information content (AvgIpc) is 2.74. The number of hydrogen-bond donors (Lipinski definition) is 1. The van der Waals surface area contributed by atoms with Crippen LogP contribution in [0.4, 0.5) is 5.69 Å². The van der Waals surface area contributed by atoms with Crippen LogP contribution >= 0.6 is 0 Å². The number of anilines is 1. The highest BCUT2D eigenvalue weighted by Crippen LogP contribution is 2.31. The fourth-order valence-electron chi connectivity index (χ4n) is 2.93. The minimum Gasteiger partial charge on any atom is -0.490 e. The SMILES string of the molecule is CCOc1ccc([C@H](C)NC(=O)[C@H](C)Oc2ccc(N(C)S(C)(=O)=O)cc2)cc1OCC. The summed E-state index contributed by atoms with van der Waals surface area (Å²) < 4.78 is 41.4. The highest BCUT2D eigenvalue weighted by atomic mass is 32.2. The van der Waals surface area contributed by atoms with E-state index in [2.05, 4.69) is 5.32 Å². The smallest absolute Gasteiger partial charge is 0.261 e. The van der Waals surface area contributed by atoms with E-state index in [1.165, 1.54) is 11.4 Å². The topological polar surface area (TPSA) is 94.2 Å². The summed E-state index contributed by atoms with van der Waals surface area (Å²) in [6.45, 7) is 8.39. The highest BCUT2D eigenvalue weighted by molar-refractivity contribution is 7.92. The van der Waals surface area contributed by atoms with Crippen LogP contribution < -0.4 is 23.8 Å². The molecule has 32 heavy (non-hydrogen) atoms. The number of amides is 1. The summed E-state index contributed by atoms with van der Waals surface area (Å²) in [7, 11) is -1.87. The third-order valence-electron chi connectivity index (χ3n) is 4.81. The molecule has 0 aliphatic rings. The summed E-state index contributed by atoms with van der Waals surface area (Å²) in [5.41, 5.74) is 1.39. The number of carbonyl (C=O) groups excluding carboxylic acids is 1. The molecule has 2 rings (SSSR count). The highest BCUT2D eigenvalue weighted by Gasteiger charge is 2.19. The maximum absolute atomic E-state index is 12.6. The van der Waals surface area contributed by atoms with Crippen molar-refractivity contribution in [3.63, 3.8) is 0 Å². The Labute approximate surface area is 190 Å². The Morgan fingerprint density at radius 3 is 2.16 bits per heavy atom. The standard InChI is InChI=1S/C23H32N2O6S/c1-7-29-21-14-9-18(15-22(21)30-8-2)16(3)24-23(26)17(4)31-20-12-10-19(11-13-20)25(5)32(6,27)28/h9-17H,7-8H2,1-6H3,(H,24,26)/t16-,17-/m0/s1. The van der Waals surface area contributed by atoms with E-state index in [0.29, 0.717) is 36.1 Å². The van der Waals surface area contributed by atoms with Crippen LogP contribution in [0.2, 0.25) is 0 Å². The average molecular weight is 465 g/mol. The zero-order valence-electron chi connectivity index (χ0n) is 19.4. The van der Waals surface area contributed by atoms with Crippen molar-refractivity contribution in [1.29, 1.82) is 0 Å². The molecule has 0 aliphatic heterocycles. The first-order valence-corrected chi connectivity index (χ1v) is 12.3. The third kappa shape index (κ3) is 6.78. The monoisotopic (exact) mass is 464 g/mol. The normalized spacial score (nSPS) is 13.1. The lowest BCUT2D eigenvalue weighted by Gasteiger charge is -2.21. The first-order chi connectivity index (χ1) is 15.1. The van der Waals surface area contributed by atoms with Crippen LogP contribution in [0.25, 0.3) is 0 Å². The molecular weight excluding hydrogens is 432 g/mol. The Hall–Kier alpha value is -2.94. The second-order valence-corrected chi connectivity index (χ2v) is 9.30. The van der Waals surface area contributed by atoms with Crippen molar-refractivity contribution < 1.29 is 27.4 Å². The van der Waals surface area contributed by atoms with Crippen molar-refractivity contribution in [1.82, 2.24) is 5.32 Å². The van der Waals surface area contributed by atoms with Crippen molar-refractivity contribution >= 4 is 21.6 Å². The molecule has 0 unspecified atom stereocenters. The van der Waals surface area contributed by atoms with Crippen LogP contribution in [0.15, 0.2) is 42.5 Å². The van der Waals surface area contributed by atoms with Crippen molar-refractivity contribution in [3.8, 4) is 17.2 Å². The summed E-state index contributed by atoms with van der Waals surface area (Å²) in [6, 6.07) is 11.8. The number of hydrogen-bond acceptors (Lipinski definition) is 6. The van der Waals surface area contributed by atoms with Crippen LogP contribution in [0.5, 0.6) is 17.2 Å². The molecule has 0 spiro atoms. The van der Waals surface area contributed by atoms with Crippen molar-refractivity contribution in [2.24, 2.45) is 0 Å². The largest absolute Gasteiger partial charge is 0.490 e. The summed E-state index contributed by atoms with van der Waals surface area (Å²) in [5.74, 6) is 1.49. The van der Waals surface area contributed by atoms with Gasteiger partial charge in [-0.1, -0.05) is 6.07 Å². The zero-order valence-corrected chi connectivity index (χ0v) is 20.2. The second kappa shape index (κ2) is 11.1. The van der Waals surface area contributed by atoms with E-state index >= 15 is 0 Å². The van der Waals surface area contributed by atoms with Crippen LogP contribution in [0.3, 0.4) is 0 Å². The molecule has 0 saturated heterocycles. The van der Waals surface area contributed by atoms with Gasteiger partial charge in [0.25, 0.3) is 5.91 Å². The molecule has 1 amide bonds. The predicted octanol–water partition coefficient (Wildman–Crippen LogP) is 3.52. The summed E-state index contributed by atoms with van der Waals surface area (Å²) in [6.07, 6.45) is 0.386. The third-order valence-corrected chi connectivity index (χ3v) is 6.01. The van der Waals surface area contributed by atoms with E-state index in [0.717, 1.165) is 11.8 Å².